The third kappa shape index (κ3) is 2.92. The number of aldehydes is 1. The first kappa shape index (κ1) is 12.7. The molecule has 0 aromatic heterocycles. The first-order valence-corrected chi connectivity index (χ1v) is 5.27. The number of carbonyl (C=O) groups is 1. The Labute approximate surface area is 107 Å². The van der Waals surface area contributed by atoms with Gasteiger partial charge in [0.1, 0.15) is 17.9 Å². The van der Waals surface area contributed by atoms with E-state index in [9.17, 15) is 19.3 Å². The molecule has 2 rings (SSSR count). The number of nitro groups is 1. The minimum atomic E-state index is -0.665. The zero-order chi connectivity index (χ0) is 13.8. The fraction of sp³-hybridized carbons (Fsp3) is 0. The summed E-state index contributed by atoms with van der Waals surface area (Å²) in [4.78, 5) is 20.8. The maximum atomic E-state index is 13.0. The zero-order valence-corrected chi connectivity index (χ0v) is 9.58. The molecule has 0 heterocycles. The van der Waals surface area contributed by atoms with Gasteiger partial charge >= 0.3 is 5.69 Å². The molecule has 0 bridgehead atoms. The molecule has 0 aliphatic heterocycles. The molecule has 0 spiro atoms. The average Bonchev–Trinajstić information content (AvgIpc) is 2.39. The third-order valence-corrected chi connectivity index (χ3v) is 2.34. The van der Waals surface area contributed by atoms with E-state index in [0.717, 1.165) is 12.1 Å². The number of hydrogen-bond acceptors (Lipinski definition) is 4. The van der Waals surface area contributed by atoms with Crippen LogP contribution >= 0.6 is 0 Å². The highest BCUT2D eigenvalue weighted by atomic mass is 19.1. The highest BCUT2D eigenvalue weighted by molar-refractivity contribution is 5.77. The molecule has 0 aliphatic carbocycles. The predicted octanol–water partition coefficient (Wildman–Crippen LogP) is 3.34. The fourth-order valence-corrected chi connectivity index (χ4v) is 1.49. The second-order valence-electron chi connectivity index (χ2n) is 3.66. The lowest BCUT2D eigenvalue weighted by atomic mass is 10.2. The van der Waals surface area contributed by atoms with Crippen molar-refractivity contribution in [2.24, 2.45) is 0 Å². The zero-order valence-electron chi connectivity index (χ0n) is 9.58. The van der Waals surface area contributed by atoms with E-state index in [4.69, 9.17) is 4.74 Å². The average molecular weight is 261 g/mol. The van der Waals surface area contributed by atoms with Gasteiger partial charge in [-0.25, -0.2) is 4.39 Å². The Kier molecular flexibility index (Phi) is 3.51. The molecule has 0 saturated heterocycles. The van der Waals surface area contributed by atoms with Crippen LogP contribution in [-0.2, 0) is 0 Å². The number of rotatable bonds is 4. The van der Waals surface area contributed by atoms with Crippen LogP contribution in [0.4, 0.5) is 10.1 Å². The quantitative estimate of drug-likeness (QED) is 0.480. The lowest BCUT2D eigenvalue weighted by Crippen LogP contribution is -1.95. The van der Waals surface area contributed by atoms with Crippen molar-refractivity contribution < 1.29 is 18.8 Å². The number of benzene rings is 2. The second-order valence-corrected chi connectivity index (χ2v) is 3.66. The molecular formula is C13H8FNO4. The highest BCUT2D eigenvalue weighted by Gasteiger charge is 2.16. The van der Waals surface area contributed by atoms with Crippen molar-refractivity contribution in [2.75, 3.05) is 0 Å². The summed E-state index contributed by atoms with van der Waals surface area (Å²) in [6.45, 7) is 0. The summed E-state index contributed by atoms with van der Waals surface area (Å²) in [5, 5.41) is 10.9. The van der Waals surface area contributed by atoms with Crippen LogP contribution in [0.2, 0.25) is 0 Å². The predicted molar refractivity (Wildman–Crippen MR) is 65.0 cm³/mol. The summed E-state index contributed by atoms with van der Waals surface area (Å²) < 4.78 is 18.2. The summed E-state index contributed by atoms with van der Waals surface area (Å²) in [5.41, 5.74) is -0.188. The normalized spacial score (nSPS) is 9.95. The van der Waals surface area contributed by atoms with Crippen molar-refractivity contribution in [3.8, 4) is 11.5 Å². The smallest absolute Gasteiger partial charge is 0.312 e. The highest BCUT2D eigenvalue weighted by Crippen LogP contribution is 2.31. The number of halogens is 1. The Morgan fingerprint density at radius 2 is 2.00 bits per heavy atom. The minimum absolute atomic E-state index is 0.0544. The van der Waals surface area contributed by atoms with Crippen LogP contribution in [0, 0.1) is 15.9 Å². The summed E-state index contributed by atoms with van der Waals surface area (Å²) in [6, 6.07) is 9.02. The molecule has 2 aromatic rings. The molecule has 0 fully saturated rings. The van der Waals surface area contributed by atoms with Gasteiger partial charge < -0.3 is 4.74 Å². The Bertz CT molecular complexity index is 642. The second kappa shape index (κ2) is 5.26. The minimum Gasteiger partial charge on any atom is -0.450 e. The molecule has 0 unspecified atom stereocenters. The summed E-state index contributed by atoms with van der Waals surface area (Å²) >= 11 is 0. The Hall–Kier alpha value is -2.76. The van der Waals surface area contributed by atoms with Gasteiger partial charge in [0.2, 0.25) is 5.75 Å². The van der Waals surface area contributed by atoms with Crippen molar-refractivity contribution >= 4 is 12.0 Å². The van der Waals surface area contributed by atoms with E-state index in [1.165, 1.54) is 30.3 Å². The van der Waals surface area contributed by atoms with E-state index in [2.05, 4.69) is 0 Å². The maximum Gasteiger partial charge on any atom is 0.312 e. The van der Waals surface area contributed by atoms with Crippen molar-refractivity contribution in [3.63, 3.8) is 0 Å². The maximum absolute atomic E-state index is 13.0. The molecule has 6 heteroatoms. The molecule has 19 heavy (non-hydrogen) atoms. The monoisotopic (exact) mass is 261 g/mol. The van der Waals surface area contributed by atoms with E-state index in [-0.39, 0.29) is 22.7 Å². The molecule has 0 amide bonds. The van der Waals surface area contributed by atoms with Crippen molar-refractivity contribution in [1.82, 2.24) is 0 Å². The number of nitrogens with zero attached hydrogens (tertiary/aromatic N) is 1. The van der Waals surface area contributed by atoms with Gasteiger partial charge in [-0.2, -0.15) is 0 Å². The SMILES string of the molecule is O=Cc1ccc(Oc2cccc(F)c2)c([N+](=O)[O-])c1. The van der Waals surface area contributed by atoms with E-state index in [0.29, 0.717) is 6.29 Å². The van der Waals surface area contributed by atoms with Crippen LogP contribution in [0.5, 0.6) is 11.5 Å². The molecule has 2 aromatic carbocycles. The van der Waals surface area contributed by atoms with E-state index >= 15 is 0 Å². The van der Waals surface area contributed by atoms with Gasteiger partial charge in [-0.05, 0) is 24.3 Å². The molecule has 0 saturated carbocycles. The number of carbonyl (C=O) groups excluding carboxylic acids is 1. The molecule has 0 N–H and O–H groups in total. The first-order valence-electron chi connectivity index (χ1n) is 5.27. The lowest BCUT2D eigenvalue weighted by molar-refractivity contribution is -0.385. The van der Waals surface area contributed by atoms with E-state index < -0.39 is 10.7 Å². The lowest BCUT2D eigenvalue weighted by Gasteiger charge is -2.06. The molecule has 96 valence electrons. The Balaban J connectivity index is 2.39. The number of nitro benzene ring substituents is 1. The van der Waals surface area contributed by atoms with Crippen molar-refractivity contribution in [1.29, 1.82) is 0 Å². The largest absolute Gasteiger partial charge is 0.450 e. The number of ether oxygens (including phenoxy) is 1. The fourth-order valence-electron chi connectivity index (χ4n) is 1.49. The Morgan fingerprint density at radius 3 is 2.63 bits per heavy atom. The number of hydrogen-bond donors (Lipinski definition) is 0. The van der Waals surface area contributed by atoms with Crippen LogP contribution in [0.1, 0.15) is 10.4 Å². The van der Waals surface area contributed by atoms with E-state index in [1.54, 1.807) is 0 Å². The van der Waals surface area contributed by atoms with Crippen LogP contribution in [0.15, 0.2) is 42.5 Å². The van der Waals surface area contributed by atoms with Gasteiger partial charge in [0.25, 0.3) is 0 Å². The van der Waals surface area contributed by atoms with Gasteiger partial charge in [-0.1, -0.05) is 6.07 Å². The van der Waals surface area contributed by atoms with Gasteiger partial charge in [0.05, 0.1) is 4.92 Å². The van der Waals surface area contributed by atoms with Crippen molar-refractivity contribution in [3.05, 3.63) is 64.0 Å². The standard InChI is InChI=1S/C13H8FNO4/c14-10-2-1-3-11(7-10)19-13-5-4-9(8-16)6-12(13)15(17)18/h1-8H. The molecule has 5 nitrogen and oxygen atoms in total. The first-order chi connectivity index (χ1) is 9.10. The topological polar surface area (TPSA) is 69.4 Å². The summed E-state index contributed by atoms with van der Waals surface area (Å²) in [6.07, 6.45) is 0.499. The molecule has 0 atom stereocenters. The molecule has 0 radical (unpaired) electrons. The van der Waals surface area contributed by atoms with Crippen LogP contribution < -0.4 is 4.74 Å². The van der Waals surface area contributed by atoms with Crippen LogP contribution in [0.3, 0.4) is 0 Å². The van der Waals surface area contributed by atoms with Gasteiger partial charge in [-0.15, -0.1) is 0 Å². The van der Waals surface area contributed by atoms with Gasteiger partial charge in [-0.3, -0.25) is 14.9 Å². The summed E-state index contributed by atoms with van der Waals surface area (Å²) in [5.74, 6) is -0.423. The van der Waals surface area contributed by atoms with E-state index in [1.807, 2.05) is 0 Å². The van der Waals surface area contributed by atoms with Gasteiger partial charge in [0.15, 0.2) is 0 Å². The summed E-state index contributed by atoms with van der Waals surface area (Å²) in [7, 11) is 0. The molecule has 0 aliphatic rings. The Morgan fingerprint density at radius 1 is 1.21 bits per heavy atom. The van der Waals surface area contributed by atoms with Gasteiger partial charge in [0, 0.05) is 17.7 Å². The van der Waals surface area contributed by atoms with Crippen LogP contribution in [-0.4, -0.2) is 11.2 Å². The van der Waals surface area contributed by atoms with Crippen LogP contribution in [0.25, 0.3) is 0 Å². The molecular weight excluding hydrogens is 253 g/mol. The third-order valence-electron chi connectivity index (χ3n) is 2.34. The van der Waals surface area contributed by atoms with Crippen molar-refractivity contribution in [2.45, 2.75) is 0 Å².